The van der Waals surface area contributed by atoms with Crippen LogP contribution in [0.4, 0.5) is 0 Å². The Balaban J connectivity index is 0.000000245. The number of benzene rings is 2. The van der Waals surface area contributed by atoms with Crippen LogP contribution in [-0.2, 0) is 17.8 Å². The van der Waals surface area contributed by atoms with Gasteiger partial charge in [-0.2, -0.15) is 20.7 Å². The Bertz CT molecular complexity index is 2190. The Morgan fingerprint density at radius 3 is 1.66 bits per heavy atom. The zero-order valence-corrected chi connectivity index (χ0v) is 28.3. The van der Waals surface area contributed by atoms with Crippen LogP contribution in [0.15, 0.2) is 73.3 Å². The molecule has 0 aliphatic carbocycles. The molecule has 0 radical (unpaired) electrons. The molecule has 0 atom stereocenters. The number of halogens is 2. The third-order valence-electron chi connectivity index (χ3n) is 6.46. The number of carbonyl (C=O) groups is 2. The number of aromatic nitrogens is 6. The average molecular weight is 679 g/mol. The predicted molar refractivity (Wildman–Crippen MR) is 166 cm³/mol. The molecule has 0 unspecified atom stereocenters. The molecule has 2 aromatic carbocycles. The largest absolute Gasteiger partial charge is 1.00 e. The van der Waals surface area contributed by atoms with Crippen LogP contribution in [0.2, 0.25) is 10.0 Å². The van der Waals surface area contributed by atoms with Crippen LogP contribution in [0.1, 0.15) is 43.2 Å². The van der Waals surface area contributed by atoms with Crippen LogP contribution >= 0.6 is 23.2 Å². The summed E-state index contributed by atoms with van der Waals surface area (Å²) in [4.78, 5) is 31.1. The molecule has 0 saturated heterocycles. The van der Waals surface area contributed by atoms with Gasteiger partial charge in [0.25, 0.3) is 0 Å². The molecule has 0 fully saturated rings. The molecule has 2 N–H and O–H groups in total. The van der Waals surface area contributed by atoms with Crippen LogP contribution in [-0.4, -0.2) is 59.2 Å². The summed E-state index contributed by atoms with van der Waals surface area (Å²) in [7, 11) is 1.25. The van der Waals surface area contributed by atoms with Gasteiger partial charge in [-0.15, -0.1) is 0 Å². The number of nitriles is 2. The Morgan fingerprint density at radius 2 is 1.26 bits per heavy atom. The summed E-state index contributed by atoms with van der Waals surface area (Å²) >= 11 is 11.9. The Hall–Kier alpha value is -4.86. The molecule has 0 amide bonds. The number of pyridine rings is 2. The number of nitrogens with zero attached hydrogens (tertiary/aromatic N) is 8. The molecular weight excluding hydrogens is 658 g/mol. The first-order valence-corrected chi connectivity index (χ1v) is 13.8. The minimum absolute atomic E-state index is 0. The molecule has 4 heterocycles. The van der Waals surface area contributed by atoms with Crippen molar-refractivity contribution in [3.05, 3.63) is 117 Å². The van der Waals surface area contributed by atoms with Crippen LogP contribution in [0, 0.1) is 22.7 Å². The number of esters is 1. The maximum absolute atomic E-state index is 11.6. The third kappa shape index (κ3) is 8.69. The van der Waals surface area contributed by atoms with Gasteiger partial charge in [0.2, 0.25) is 0 Å². The monoisotopic (exact) mass is 678 g/mol. The van der Waals surface area contributed by atoms with Crippen LogP contribution in [0.3, 0.4) is 0 Å². The second kappa shape index (κ2) is 16.1. The summed E-state index contributed by atoms with van der Waals surface area (Å²) < 4.78 is 7.59. The maximum atomic E-state index is 11.6. The molecule has 6 rings (SSSR count). The number of carboxylic acid groups (broad SMARTS) is 1. The van der Waals surface area contributed by atoms with Crippen LogP contribution in [0.25, 0.3) is 21.8 Å². The second-order valence-electron chi connectivity index (χ2n) is 9.56. The number of hydrogen-bond donors (Lipinski definition) is 1. The van der Waals surface area contributed by atoms with Crippen molar-refractivity contribution >= 4 is 56.9 Å². The van der Waals surface area contributed by atoms with Crippen molar-refractivity contribution in [2.45, 2.75) is 13.1 Å². The number of ether oxygens (including phenoxy) is 1. The molecule has 0 spiro atoms. The molecule has 0 aliphatic heterocycles. The topological polar surface area (TPSA) is 203 Å². The van der Waals surface area contributed by atoms with Gasteiger partial charge >= 0.3 is 41.5 Å². The van der Waals surface area contributed by atoms with E-state index in [0.717, 1.165) is 32.9 Å². The molecule has 47 heavy (non-hydrogen) atoms. The van der Waals surface area contributed by atoms with E-state index in [0.29, 0.717) is 23.1 Å². The third-order valence-corrected chi connectivity index (χ3v) is 6.87. The van der Waals surface area contributed by atoms with E-state index in [1.165, 1.54) is 28.9 Å². The number of methoxy groups -OCH3 is 1. The number of rotatable bonds is 6. The normalized spacial score (nSPS) is 10.1. The van der Waals surface area contributed by atoms with E-state index in [1.807, 2.05) is 54.6 Å². The van der Waals surface area contributed by atoms with Gasteiger partial charge in [0.05, 0.1) is 41.3 Å². The fourth-order valence-corrected chi connectivity index (χ4v) is 4.79. The second-order valence-corrected chi connectivity index (χ2v) is 10.4. The molecule has 0 aliphatic rings. The number of carboxylic acids is 1. The quantitative estimate of drug-likeness (QED) is 0.200. The summed E-state index contributed by atoms with van der Waals surface area (Å²) in [5, 5.41) is 38.0. The van der Waals surface area contributed by atoms with E-state index in [-0.39, 0.29) is 57.5 Å². The zero-order valence-electron chi connectivity index (χ0n) is 24.8. The van der Waals surface area contributed by atoms with Crippen molar-refractivity contribution in [1.29, 1.82) is 10.5 Å². The average Bonchev–Trinajstić information content (AvgIpc) is 3.64. The Labute approximate surface area is 299 Å². The summed E-state index contributed by atoms with van der Waals surface area (Å²) in [6.45, 7) is 0.762. The molecule has 16 heteroatoms. The standard InChI is InChI=1S/C16H11ClN4O2.C15H9ClN4O2.Na.H2O/c1-23-16(22)15-12(6-18)9-21(20-15)8-10-2-3-14-11(4-10)5-13(17)7-19-14;16-12-4-10-3-9(1-2-13(10)18-6-12)7-20-8-11(5-17)14(19-20)15(21)22;;/h2-5,7,9H,8H2,1H3;1-4,6,8H,7H2,(H,21,22);;1H2/q;;+1;/p-1. The molecule has 0 saturated carbocycles. The van der Waals surface area contributed by atoms with Gasteiger partial charge in [-0.1, -0.05) is 35.3 Å². The van der Waals surface area contributed by atoms with Crippen molar-refractivity contribution in [1.82, 2.24) is 29.5 Å². The van der Waals surface area contributed by atoms with E-state index in [1.54, 1.807) is 18.5 Å². The van der Waals surface area contributed by atoms with E-state index >= 15 is 0 Å². The van der Waals surface area contributed by atoms with Crippen molar-refractivity contribution in [2.24, 2.45) is 0 Å². The first-order valence-electron chi connectivity index (χ1n) is 13.0. The van der Waals surface area contributed by atoms with E-state index in [4.69, 9.17) is 38.8 Å². The number of fused-ring (bicyclic) bond motifs is 2. The van der Waals surface area contributed by atoms with Gasteiger partial charge in [-0.25, -0.2) is 9.59 Å². The van der Waals surface area contributed by atoms with E-state index in [2.05, 4.69) is 24.9 Å². The molecule has 230 valence electrons. The first kappa shape index (κ1) is 36.6. The summed E-state index contributed by atoms with van der Waals surface area (Å²) in [5.74, 6) is -1.85. The van der Waals surface area contributed by atoms with Crippen molar-refractivity contribution in [3.8, 4) is 12.1 Å². The molecule has 6 aromatic rings. The smallest absolute Gasteiger partial charge is 0.870 e. The molecule has 0 bridgehead atoms. The van der Waals surface area contributed by atoms with Gasteiger partial charge in [0, 0.05) is 35.6 Å². The van der Waals surface area contributed by atoms with Gasteiger partial charge in [0.1, 0.15) is 23.3 Å². The fourth-order valence-electron chi connectivity index (χ4n) is 4.45. The van der Waals surface area contributed by atoms with E-state index in [9.17, 15) is 9.59 Å². The van der Waals surface area contributed by atoms with Crippen molar-refractivity contribution in [3.63, 3.8) is 0 Å². The first-order chi connectivity index (χ1) is 21.7. The molecule has 4 aromatic heterocycles. The SMILES string of the molecule is COC(=O)c1nn(Cc2ccc3ncc(Cl)cc3c2)cc1C#N.N#Cc1cn(Cc2ccc3ncc(Cl)cc3c2)nc1C(=O)O.[Na+].[OH-]. The fraction of sp³-hybridized carbons (Fsp3) is 0.0968. The number of aromatic carboxylic acids is 1. The van der Waals surface area contributed by atoms with Gasteiger partial charge < -0.3 is 15.3 Å². The summed E-state index contributed by atoms with van der Waals surface area (Å²) in [6.07, 6.45) is 6.12. The summed E-state index contributed by atoms with van der Waals surface area (Å²) in [5.41, 5.74) is 3.50. The molecular formula is C31H21Cl2N8NaO5. The molecule has 13 nitrogen and oxygen atoms in total. The maximum Gasteiger partial charge on any atom is 1.00 e. The minimum atomic E-state index is -1.22. The Kier molecular flexibility index (Phi) is 12.5. The minimum Gasteiger partial charge on any atom is -0.870 e. The van der Waals surface area contributed by atoms with Gasteiger partial charge in [-0.3, -0.25) is 19.3 Å². The Morgan fingerprint density at radius 1 is 0.809 bits per heavy atom. The van der Waals surface area contributed by atoms with Crippen molar-refractivity contribution in [2.75, 3.05) is 7.11 Å². The van der Waals surface area contributed by atoms with Gasteiger partial charge in [0.15, 0.2) is 11.4 Å². The van der Waals surface area contributed by atoms with Crippen molar-refractivity contribution < 1.29 is 54.5 Å². The predicted octanol–water partition coefficient (Wildman–Crippen LogP) is 2.32. The van der Waals surface area contributed by atoms with Crippen LogP contribution < -0.4 is 29.6 Å². The zero-order chi connectivity index (χ0) is 32.1. The van der Waals surface area contributed by atoms with E-state index < -0.39 is 11.9 Å². The summed E-state index contributed by atoms with van der Waals surface area (Å²) in [6, 6.07) is 18.8. The number of hydrogen-bond acceptors (Lipinski definition) is 10. The number of carbonyl (C=O) groups excluding carboxylic acids is 1. The van der Waals surface area contributed by atoms with Crippen LogP contribution in [0.5, 0.6) is 0 Å². The van der Waals surface area contributed by atoms with Gasteiger partial charge in [-0.05, 0) is 47.5 Å².